The van der Waals surface area contributed by atoms with Gasteiger partial charge in [0.05, 0.1) is 27.8 Å². The third-order valence-corrected chi connectivity index (χ3v) is 7.22. The van der Waals surface area contributed by atoms with E-state index in [4.69, 9.17) is 46.6 Å². The van der Waals surface area contributed by atoms with Crippen molar-refractivity contribution >= 4 is 114 Å². The molecule has 0 N–H and O–H groups in total. The maximum absolute atomic E-state index is 12.9. The molecule has 0 aliphatic carbocycles. The largest absolute Gasteiger partial charge is 0.479 e. The molecule has 28 heavy (non-hydrogen) atoms. The maximum Gasteiger partial charge on any atom is 0.270 e. The number of benzene rings is 2. The highest BCUT2D eigenvalue weighted by atomic mass is 127. The fourth-order valence-corrected chi connectivity index (χ4v) is 6.10. The van der Waals surface area contributed by atoms with E-state index in [9.17, 15) is 4.79 Å². The van der Waals surface area contributed by atoms with Crippen molar-refractivity contribution in [2.75, 3.05) is 11.5 Å². The number of carbonyl (C=O) groups excluding carboxylic acids is 1. The van der Waals surface area contributed by atoms with Gasteiger partial charge in [0, 0.05) is 0 Å². The van der Waals surface area contributed by atoms with Crippen molar-refractivity contribution in [1.29, 1.82) is 0 Å². The molecule has 0 atom stereocenters. The summed E-state index contributed by atoms with van der Waals surface area (Å²) in [6.45, 7) is 0.202. The highest BCUT2D eigenvalue weighted by Gasteiger charge is 2.33. The molecule has 1 aliphatic rings. The Morgan fingerprint density at radius 2 is 1.89 bits per heavy atom. The minimum absolute atomic E-state index is 0.202. The van der Waals surface area contributed by atoms with E-state index in [1.54, 1.807) is 18.2 Å². The van der Waals surface area contributed by atoms with E-state index in [0.29, 0.717) is 25.0 Å². The monoisotopic (exact) mass is 671 g/mol. The first-order chi connectivity index (χ1) is 13.3. The van der Waals surface area contributed by atoms with E-state index in [0.717, 1.165) is 18.5 Å². The first kappa shape index (κ1) is 22.2. The number of nitrogens with zero attached hydrogens (tertiary/aromatic N) is 1. The van der Waals surface area contributed by atoms with Gasteiger partial charge in [-0.1, -0.05) is 53.1 Å². The zero-order valence-electron chi connectivity index (χ0n) is 13.8. The van der Waals surface area contributed by atoms with Crippen LogP contribution in [0, 0.1) is 19.5 Å². The second-order valence-electron chi connectivity index (χ2n) is 5.42. The molecule has 1 aliphatic heterocycles. The third kappa shape index (κ3) is 4.79. The van der Waals surface area contributed by atoms with E-state index in [2.05, 4.69) is 51.1 Å². The van der Waals surface area contributed by atoms with E-state index < -0.39 is 0 Å². The molecule has 2 aromatic carbocycles. The van der Waals surface area contributed by atoms with Gasteiger partial charge in [0.25, 0.3) is 5.91 Å². The van der Waals surface area contributed by atoms with Crippen molar-refractivity contribution in [3.05, 3.63) is 58.0 Å². The Kier molecular flexibility index (Phi) is 7.55. The number of thiocarbonyl (C=S) groups is 1. The number of anilines is 1. The average Bonchev–Trinajstić information content (AvgIpc) is 2.90. The zero-order chi connectivity index (χ0) is 20.4. The standard InChI is InChI=1S/C19H9Cl2I2NO2S2/c1-2-5-26-17-14(22)6-10(7-15(17)23)8-16-18(25)24(19(27)28-16)11-3-4-12(20)13(21)9-11/h1,3-4,6-9H,5H2/b16-8+. The quantitative estimate of drug-likeness (QED) is 0.158. The molecule has 2 aromatic rings. The van der Waals surface area contributed by atoms with Gasteiger partial charge in [0.1, 0.15) is 12.4 Å². The van der Waals surface area contributed by atoms with Crippen LogP contribution in [-0.2, 0) is 4.79 Å². The molecule has 3 rings (SSSR count). The molecule has 0 unspecified atom stereocenters. The van der Waals surface area contributed by atoms with Crippen molar-refractivity contribution in [1.82, 2.24) is 0 Å². The van der Waals surface area contributed by atoms with Crippen molar-refractivity contribution in [2.24, 2.45) is 0 Å². The molecule has 1 amide bonds. The average molecular weight is 672 g/mol. The number of rotatable bonds is 4. The predicted molar refractivity (Wildman–Crippen MR) is 138 cm³/mol. The van der Waals surface area contributed by atoms with Crippen LogP contribution < -0.4 is 9.64 Å². The summed E-state index contributed by atoms with van der Waals surface area (Å²) in [5.74, 6) is 2.99. The fraction of sp³-hybridized carbons (Fsp3) is 0.0526. The Hall–Kier alpha value is -0.510. The predicted octanol–water partition coefficient (Wildman–Crippen LogP) is 6.62. The normalized spacial score (nSPS) is 15.2. The molecule has 142 valence electrons. The van der Waals surface area contributed by atoms with Gasteiger partial charge in [-0.15, -0.1) is 6.42 Å². The van der Waals surface area contributed by atoms with E-state index in [-0.39, 0.29) is 12.5 Å². The van der Waals surface area contributed by atoms with Gasteiger partial charge < -0.3 is 4.74 Å². The van der Waals surface area contributed by atoms with Gasteiger partial charge in [-0.2, -0.15) is 0 Å². The molecule has 1 fully saturated rings. The number of thioether (sulfide) groups is 1. The van der Waals surface area contributed by atoms with Crippen LogP contribution in [0.2, 0.25) is 10.0 Å². The second kappa shape index (κ2) is 9.53. The fourth-order valence-electron chi connectivity index (χ4n) is 2.38. The van der Waals surface area contributed by atoms with Gasteiger partial charge in [-0.3, -0.25) is 9.69 Å². The zero-order valence-corrected chi connectivity index (χ0v) is 21.3. The number of hydrogen-bond acceptors (Lipinski definition) is 4. The van der Waals surface area contributed by atoms with Crippen LogP contribution in [0.15, 0.2) is 35.2 Å². The number of carbonyl (C=O) groups is 1. The molecule has 1 heterocycles. The summed E-state index contributed by atoms with van der Waals surface area (Å²) in [7, 11) is 0. The second-order valence-corrected chi connectivity index (χ2v) is 10.2. The molecule has 9 heteroatoms. The summed E-state index contributed by atoms with van der Waals surface area (Å²) in [6.07, 6.45) is 7.07. The van der Waals surface area contributed by atoms with Gasteiger partial charge in [-0.25, -0.2) is 0 Å². The molecule has 0 saturated carbocycles. The molecule has 1 saturated heterocycles. The lowest BCUT2D eigenvalue weighted by Gasteiger charge is -2.15. The molecular formula is C19H9Cl2I2NO2S2. The number of ether oxygens (including phenoxy) is 1. The van der Waals surface area contributed by atoms with Crippen molar-refractivity contribution in [2.45, 2.75) is 0 Å². The van der Waals surface area contributed by atoms with Gasteiger partial charge in [0.2, 0.25) is 0 Å². The van der Waals surface area contributed by atoms with Crippen LogP contribution in [0.25, 0.3) is 6.08 Å². The Morgan fingerprint density at radius 1 is 1.21 bits per heavy atom. The maximum atomic E-state index is 12.9. The first-order valence-corrected chi connectivity index (χ1v) is 11.7. The van der Waals surface area contributed by atoms with Crippen LogP contribution in [0.1, 0.15) is 5.56 Å². The van der Waals surface area contributed by atoms with Crippen LogP contribution in [0.4, 0.5) is 5.69 Å². The summed E-state index contributed by atoms with van der Waals surface area (Å²) < 4.78 is 7.83. The van der Waals surface area contributed by atoms with Crippen molar-refractivity contribution in [3.8, 4) is 18.1 Å². The molecule has 3 nitrogen and oxygen atoms in total. The lowest BCUT2D eigenvalue weighted by Crippen LogP contribution is -2.27. The van der Waals surface area contributed by atoms with Crippen LogP contribution in [0.3, 0.4) is 0 Å². The molecular weight excluding hydrogens is 663 g/mol. The summed E-state index contributed by atoms with van der Waals surface area (Å²) >= 11 is 23.1. The molecule has 0 radical (unpaired) electrons. The summed E-state index contributed by atoms with van der Waals surface area (Å²) in [5.41, 5.74) is 1.46. The summed E-state index contributed by atoms with van der Waals surface area (Å²) in [5, 5.41) is 0.784. The number of amides is 1. The highest BCUT2D eigenvalue weighted by molar-refractivity contribution is 14.1. The minimum Gasteiger partial charge on any atom is -0.479 e. The Bertz CT molecular complexity index is 1040. The Morgan fingerprint density at radius 3 is 2.50 bits per heavy atom. The van der Waals surface area contributed by atoms with E-state index in [1.165, 1.54) is 16.7 Å². The Labute approximate surface area is 209 Å². The van der Waals surface area contributed by atoms with Crippen LogP contribution in [-0.4, -0.2) is 16.8 Å². The lowest BCUT2D eigenvalue weighted by molar-refractivity contribution is -0.113. The van der Waals surface area contributed by atoms with Crippen LogP contribution in [0.5, 0.6) is 5.75 Å². The molecule has 0 bridgehead atoms. The van der Waals surface area contributed by atoms with Crippen molar-refractivity contribution in [3.63, 3.8) is 0 Å². The highest BCUT2D eigenvalue weighted by Crippen LogP contribution is 2.38. The smallest absolute Gasteiger partial charge is 0.270 e. The van der Waals surface area contributed by atoms with Gasteiger partial charge >= 0.3 is 0 Å². The SMILES string of the molecule is C#CCOc1c(I)cc(/C=C2/SC(=S)N(c3ccc(Cl)c(Cl)c3)C2=O)cc1I. The first-order valence-electron chi connectivity index (χ1n) is 7.60. The number of halogens is 4. The van der Waals surface area contributed by atoms with E-state index >= 15 is 0 Å². The summed E-state index contributed by atoms with van der Waals surface area (Å²) in [6, 6.07) is 8.84. The Balaban J connectivity index is 1.91. The van der Waals surface area contributed by atoms with Gasteiger partial charge in [-0.05, 0) is 87.2 Å². The molecule has 0 spiro atoms. The van der Waals surface area contributed by atoms with Crippen LogP contribution >= 0.6 is 92.4 Å². The third-order valence-electron chi connectivity index (χ3n) is 3.57. The number of terminal acetylenes is 1. The number of hydrogen-bond donors (Lipinski definition) is 0. The molecule has 0 aromatic heterocycles. The van der Waals surface area contributed by atoms with E-state index in [1.807, 2.05) is 18.2 Å². The topological polar surface area (TPSA) is 29.5 Å². The van der Waals surface area contributed by atoms with Gasteiger partial charge in [0.15, 0.2) is 4.32 Å². The minimum atomic E-state index is -0.203. The lowest BCUT2D eigenvalue weighted by atomic mass is 10.2. The van der Waals surface area contributed by atoms with Crippen molar-refractivity contribution < 1.29 is 9.53 Å². The summed E-state index contributed by atoms with van der Waals surface area (Å²) in [4.78, 5) is 14.9.